The van der Waals surface area contributed by atoms with Crippen LogP contribution in [0.3, 0.4) is 0 Å². The number of aromatic amines is 1. The molecule has 0 amide bonds. The number of fused-ring (bicyclic) bond motifs is 1. The molecule has 1 N–H and O–H groups in total. The first kappa shape index (κ1) is 7.17. The fraction of sp³-hybridized carbons (Fsp3) is 0.0909. The second-order valence-corrected chi connectivity index (χ2v) is 2.94. The quantitative estimate of drug-likeness (QED) is 0.654. The molecule has 0 spiro atoms. The summed E-state index contributed by atoms with van der Waals surface area (Å²) in [5.41, 5.74) is 3.69. The molecule has 2 aromatic rings. The molecule has 0 radical (unpaired) electrons. The van der Waals surface area contributed by atoms with Crippen molar-refractivity contribution in [2.75, 3.05) is 0 Å². The lowest BCUT2D eigenvalue weighted by molar-refractivity contribution is 1.42. The Morgan fingerprint density at radius 3 is 2.92 bits per heavy atom. The summed E-state index contributed by atoms with van der Waals surface area (Å²) in [6.45, 7) is 5.88. The third-order valence-corrected chi connectivity index (χ3v) is 2.19. The Bertz CT molecular complexity index is 423. The van der Waals surface area contributed by atoms with Gasteiger partial charge in [0.2, 0.25) is 0 Å². The molecule has 0 aliphatic heterocycles. The van der Waals surface area contributed by atoms with Gasteiger partial charge in [-0.15, -0.1) is 0 Å². The number of rotatable bonds is 1. The van der Waals surface area contributed by atoms with Gasteiger partial charge in [-0.25, -0.2) is 0 Å². The molecule has 0 aliphatic carbocycles. The standard InChI is InChI=1S/C11H11N/c1-3-9-5-4-8(2)11-10(9)6-7-12-11/h3-7,12H,1H2,2H3. The SMILES string of the molecule is C=Cc1ccc(C)c2[nH]ccc12. The van der Waals surface area contributed by atoms with E-state index in [1.807, 2.05) is 12.3 Å². The molecule has 0 bridgehead atoms. The van der Waals surface area contributed by atoms with Gasteiger partial charge >= 0.3 is 0 Å². The number of aryl methyl sites for hydroxylation is 1. The zero-order valence-corrected chi connectivity index (χ0v) is 7.09. The molecule has 0 saturated heterocycles. The van der Waals surface area contributed by atoms with Crippen molar-refractivity contribution in [3.8, 4) is 0 Å². The van der Waals surface area contributed by atoms with E-state index in [-0.39, 0.29) is 0 Å². The van der Waals surface area contributed by atoms with Gasteiger partial charge in [-0.3, -0.25) is 0 Å². The monoisotopic (exact) mass is 157 g/mol. The molecule has 0 fully saturated rings. The third kappa shape index (κ3) is 0.866. The average Bonchev–Trinajstić information content (AvgIpc) is 2.54. The lowest BCUT2D eigenvalue weighted by Gasteiger charge is -1.99. The fourth-order valence-electron chi connectivity index (χ4n) is 1.50. The summed E-state index contributed by atoms with van der Waals surface area (Å²) < 4.78 is 0. The Morgan fingerprint density at radius 2 is 2.17 bits per heavy atom. The number of hydrogen-bond donors (Lipinski definition) is 1. The van der Waals surface area contributed by atoms with E-state index < -0.39 is 0 Å². The summed E-state index contributed by atoms with van der Waals surface area (Å²) in [4.78, 5) is 3.21. The number of aromatic nitrogens is 1. The van der Waals surface area contributed by atoms with Crippen molar-refractivity contribution < 1.29 is 0 Å². The summed E-state index contributed by atoms with van der Waals surface area (Å²) >= 11 is 0. The number of hydrogen-bond acceptors (Lipinski definition) is 0. The second kappa shape index (κ2) is 2.52. The van der Waals surface area contributed by atoms with E-state index in [1.54, 1.807) is 0 Å². The Balaban J connectivity index is 2.91. The van der Waals surface area contributed by atoms with Crippen LogP contribution in [-0.2, 0) is 0 Å². The maximum atomic E-state index is 3.78. The molecule has 0 atom stereocenters. The molecular formula is C11H11N. The van der Waals surface area contributed by atoms with Crippen molar-refractivity contribution in [2.24, 2.45) is 0 Å². The highest BCUT2D eigenvalue weighted by Crippen LogP contribution is 2.21. The molecule has 2 rings (SSSR count). The van der Waals surface area contributed by atoms with Gasteiger partial charge in [0.1, 0.15) is 0 Å². The first-order chi connectivity index (χ1) is 5.83. The molecule has 1 heteroatoms. The molecule has 60 valence electrons. The minimum absolute atomic E-state index is 1.19. The van der Waals surface area contributed by atoms with Crippen LogP contribution in [0, 0.1) is 6.92 Å². The van der Waals surface area contributed by atoms with Crippen LogP contribution in [0.5, 0.6) is 0 Å². The van der Waals surface area contributed by atoms with Gasteiger partial charge in [0.25, 0.3) is 0 Å². The highest BCUT2D eigenvalue weighted by Gasteiger charge is 2.00. The summed E-state index contributed by atoms with van der Waals surface area (Å²) in [5, 5.41) is 1.25. The third-order valence-electron chi connectivity index (χ3n) is 2.19. The number of nitrogens with one attached hydrogen (secondary N) is 1. The molecule has 1 aromatic carbocycles. The van der Waals surface area contributed by atoms with Crippen molar-refractivity contribution in [1.29, 1.82) is 0 Å². The van der Waals surface area contributed by atoms with Crippen LogP contribution in [0.25, 0.3) is 17.0 Å². The fourth-order valence-corrected chi connectivity index (χ4v) is 1.50. The van der Waals surface area contributed by atoms with Gasteiger partial charge in [-0.05, 0) is 24.1 Å². The lowest BCUT2D eigenvalue weighted by atomic mass is 10.1. The molecule has 1 heterocycles. The van der Waals surface area contributed by atoms with E-state index in [1.165, 1.54) is 22.0 Å². The molecule has 12 heavy (non-hydrogen) atoms. The molecule has 0 aliphatic rings. The van der Waals surface area contributed by atoms with Crippen LogP contribution in [0.2, 0.25) is 0 Å². The summed E-state index contributed by atoms with van der Waals surface area (Å²) in [6.07, 6.45) is 3.85. The van der Waals surface area contributed by atoms with Gasteiger partial charge in [0.05, 0.1) is 0 Å². The summed E-state index contributed by atoms with van der Waals surface area (Å²) in [7, 11) is 0. The van der Waals surface area contributed by atoms with E-state index in [0.29, 0.717) is 0 Å². The van der Waals surface area contributed by atoms with Crippen molar-refractivity contribution in [2.45, 2.75) is 6.92 Å². The largest absolute Gasteiger partial charge is 0.361 e. The molecule has 1 aromatic heterocycles. The van der Waals surface area contributed by atoms with E-state index in [0.717, 1.165) is 0 Å². The molecule has 1 nitrogen and oxygen atoms in total. The topological polar surface area (TPSA) is 15.8 Å². The van der Waals surface area contributed by atoms with Crippen LogP contribution in [0.15, 0.2) is 31.0 Å². The van der Waals surface area contributed by atoms with E-state index in [4.69, 9.17) is 0 Å². The summed E-state index contributed by atoms with van der Waals surface area (Å²) in [5.74, 6) is 0. The van der Waals surface area contributed by atoms with Gasteiger partial charge < -0.3 is 4.98 Å². The van der Waals surface area contributed by atoms with Gasteiger partial charge in [-0.1, -0.05) is 24.8 Å². The van der Waals surface area contributed by atoms with Crippen LogP contribution in [-0.4, -0.2) is 4.98 Å². The van der Waals surface area contributed by atoms with Gasteiger partial charge in [0, 0.05) is 17.1 Å². The van der Waals surface area contributed by atoms with Crippen molar-refractivity contribution in [1.82, 2.24) is 4.98 Å². The first-order valence-electron chi connectivity index (χ1n) is 4.02. The predicted molar refractivity (Wildman–Crippen MR) is 53.1 cm³/mol. The first-order valence-corrected chi connectivity index (χ1v) is 4.02. The van der Waals surface area contributed by atoms with Crippen LogP contribution >= 0.6 is 0 Å². The van der Waals surface area contributed by atoms with Crippen LogP contribution in [0.1, 0.15) is 11.1 Å². The Hall–Kier alpha value is -1.50. The maximum Gasteiger partial charge on any atom is 0.0489 e. The lowest BCUT2D eigenvalue weighted by Crippen LogP contribution is -1.78. The maximum absolute atomic E-state index is 3.78. The van der Waals surface area contributed by atoms with Crippen molar-refractivity contribution in [3.63, 3.8) is 0 Å². The average molecular weight is 157 g/mol. The number of benzene rings is 1. The molecule has 0 saturated carbocycles. The second-order valence-electron chi connectivity index (χ2n) is 2.94. The zero-order chi connectivity index (χ0) is 8.55. The zero-order valence-electron chi connectivity index (χ0n) is 7.09. The Labute approximate surface area is 71.7 Å². The van der Waals surface area contributed by atoms with E-state index in [2.05, 4.69) is 36.7 Å². The number of H-pyrrole nitrogens is 1. The van der Waals surface area contributed by atoms with Gasteiger partial charge in [0.15, 0.2) is 0 Å². The normalized spacial score (nSPS) is 10.4. The predicted octanol–water partition coefficient (Wildman–Crippen LogP) is 3.12. The minimum atomic E-state index is 1.19. The van der Waals surface area contributed by atoms with Crippen molar-refractivity contribution in [3.05, 3.63) is 42.1 Å². The summed E-state index contributed by atoms with van der Waals surface area (Å²) in [6, 6.07) is 6.29. The van der Waals surface area contributed by atoms with Crippen LogP contribution in [0.4, 0.5) is 0 Å². The smallest absolute Gasteiger partial charge is 0.0489 e. The molecular weight excluding hydrogens is 146 g/mol. The van der Waals surface area contributed by atoms with E-state index in [9.17, 15) is 0 Å². The minimum Gasteiger partial charge on any atom is -0.361 e. The van der Waals surface area contributed by atoms with Gasteiger partial charge in [-0.2, -0.15) is 0 Å². The highest BCUT2D eigenvalue weighted by atomic mass is 14.7. The Kier molecular flexibility index (Phi) is 1.51. The highest BCUT2D eigenvalue weighted by molar-refractivity contribution is 5.90. The Morgan fingerprint density at radius 1 is 1.33 bits per heavy atom. The van der Waals surface area contributed by atoms with Crippen LogP contribution < -0.4 is 0 Å². The van der Waals surface area contributed by atoms with E-state index >= 15 is 0 Å². The molecule has 0 unspecified atom stereocenters. The van der Waals surface area contributed by atoms with Crippen molar-refractivity contribution >= 4 is 17.0 Å².